The molecule has 0 aliphatic carbocycles. The first-order valence-corrected chi connectivity index (χ1v) is 7.93. The van der Waals surface area contributed by atoms with Gasteiger partial charge in [0.2, 0.25) is 0 Å². The minimum atomic E-state index is 0. The van der Waals surface area contributed by atoms with Gasteiger partial charge < -0.3 is 15.4 Å². The van der Waals surface area contributed by atoms with Crippen LogP contribution in [-0.4, -0.2) is 39.3 Å². The number of halogens is 1. The molecule has 0 amide bonds. The Kier molecular flexibility index (Phi) is 14.5. The van der Waals surface area contributed by atoms with Gasteiger partial charge in [-0.1, -0.05) is 43.7 Å². The highest BCUT2D eigenvalue weighted by Gasteiger charge is 1.97. The molecule has 0 spiro atoms. The second kappa shape index (κ2) is 15.1. The SMILES string of the molecule is CCCCOCCCNC(=NC)NCCc1ccccc1.I. The lowest BCUT2D eigenvalue weighted by molar-refractivity contribution is 0.129. The van der Waals surface area contributed by atoms with E-state index in [4.69, 9.17) is 4.74 Å². The molecule has 0 fully saturated rings. The zero-order valence-corrected chi connectivity index (χ0v) is 16.1. The van der Waals surface area contributed by atoms with Crippen LogP contribution in [0.1, 0.15) is 31.7 Å². The third kappa shape index (κ3) is 10.8. The van der Waals surface area contributed by atoms with E-state index < -0.39 is 0 Å². The topological polar surface area (TPSA) is 45.6 Å². The number of ether oxygens (including phenoxy) is 1. The molecule has 0 bridgehead atoms. The summed E-state index contributed by atoms with van der Waals surface area (Å²) in [5.74, 6) is 0.861. The van der Waals surface area contributed by atoms with Crippen molar-refractivity contribution in [3.63, 3.8) is 0 Å². The molecule has 2 N–H and O–H groups in total. The third-order valence-corrected chi connectivity index (χ3v) is 3.17. The standard InChI is InChI=1S/C17H29N3O.HI/c1-3-4-14-21-15-8-12-19-17(18-2)20-13-11-16-9-6-5-7-10-16;/h5-7,9-10H,3-4,8,11-15H2,1-2H3,(H2,18,19,20);1H. The Hall–Kier alpha value is -0.820. The third-order valence-electron chi connectivity index (χ3n) is 3.17. The Morgan fingerprint density at radius 2 is 1.73 bits per heavy atom. The predicted molar refractivity (Wildman–Crippen MR) is 105 cm³/mol. The first kappa shape index (κ1) is 21.2. The second-order valence-corrected chi connectivity index (χ2v) is 4.98. The fourth-order valence-electron chi connectivity index (χ4n) is 1.92. The van der Waals surface area contributed by atoms with Crippen LogP contribution in [-0.2, 0) is 11.2 Å². The van der Waals surface area contributed by atoms with E-state index in [1.807, 2.05) is 6.07 Å². The summed E-state index contributed by atoms with van der Waals surface area (Å²) < 4.78 is 5.53. The molecule has 22 heavy (non-hydrogen) atoms. The Bertz CT molecular complexity index is 385. The van der Waals surface area contributed by atoms with Crippen LogP contribution in [0.3, 0.4) is 0 Å². The average molecular weight is 419 g/mol. The summed E-state index contributed by atoms with van der Waals surface area (Å²) >= 11 is 0. The second-order valence-electron chi connectivity index (χ2n) is 4.98. The van der Waals surface area contributed by atoms with Gasteiger partial charge >= 0.3 is 0 Å². The smallest absolute Gasteiger partial charge is 0.190 e. The lowest BCUT2D eigenvalue weighted by Gasteiger charge is -2.12. The highest BCUT2D eigenvalue weighted by Crippen LogP contribution is 1.97. The van der Waals surface area contributed by atoms with Gasteiger partial charge in [0.25, 0.3) is 0 Å². The fraction of sp³-hybridized carbons (Fsp3) is 0.588. The van der Waals surface area contributed by atoms with Crippen LogP contribution >= 0.6 is 24.0 Å². The fourth-order valence-corrected chi connectivity index (χ4v) is 1.92. The van der Waals surface area contributed by atoms with E-state index in [9.17, 15) is 0 Å². The van der Waals surface area contributed by atoms with E-state index in [-0.39, 0.29) is 24.0 Å². The van der Waals surface area contributed by atoms with Crippen LogP contribution in [0.25, 0.3) is 0 Å². The summed E-state index contributed by atoms with van der Waals surface area (Å²) in [6, 6.07) is 10.5. The van der Waals surface area contributed by atoms with Gasteiger partial charge in [-0.3, -0.25) is 4.99 Å². The molecule has 0 aromatic heterocycles. The van der Waals surface area contributed by atoms with Gasteiger partial charge in [0, 0.05) is 33.4 Å². The molecular formula is C17H30IN3O. The summed E-state index contributed by atoms with van der Waals surface area (Å²) in [6.07, 6.45) is 4.34. The highest BCUT2D eigenvalue weighted by molar-refractivity contribution is 14.0. The van der Waals surface area contributed by atoms with Crippen molar-refractivity contribution in [2.45, 2.75) is 32.6 Å². The molecule has 1 aromatic carbocycles. The molecule has 0 aliphatic heterocycles. The van der Waals surface area contributed by atoms with Gasteiger partial charge in [-0.25, -0.2) is 0 Å². The first-order chi connectivity index (χ1) is 10.4. The number of aliphatic imine (C=N–C) groups is 1. The highest BCUT2D eigenvalue weighted by atomic mass is 127. The molecule has 126 valence electrons. The summed E-state index contributed by atoms with van der Waals surface area (Å²) in [5.41, 5.74) is 1.34. The summed E-state index contributed by atoms with van der Waals surface area (Å²) in [7, 11) is 1.80. The number of benzene rings is 1. The zero-order valence-electron chi connectivity index (χ0n) is 13.8. The molecule has 0 saturated carbocycles. The number of nitrogens with one attached hydrogen (secondary N) is 2. The van der Waals surface area contributed by atoms with Gasteiger partial charge in [-0.15, -0.1) is 24.0 Å². The van der Waals surface area contributed by atoms with Crippen molar-refractivity contribution in [2.75, 3.05) is 33.4 Å². The maximum absolute atomic E-state index is 5.53. The molecule has 1 rings (SSSR count). The number of rotatable bonds is 10. The lowest BCUT2D eigenvalue weighted by atomic mass is 10.1. The van der Waals surface area contributed by atoms with Crippen LogP contribution in [0.15, 0.2) is 35.3 Å². The summed E-state index contributed by atoms with van der Waals surface area (Å²) in [5, 5.41) is 6.63. The van der Waals surface area contributed by atoms with Crippen LogP contribution in [0.4, 0.5) is 0 Å². The summed E-state index contributed by atoms with van der Waals surface area (Å²) in [6.45, 7) is 5.64. The molecule has 4 nitrogen and oxygen atoms in total. The first-order valence-electron chi connectivity index (χ1n) is 7.93. The van der Waals surface area contributed by atoms with Gasteiger partial charge in [0.15, 0.2) is 5.96 Å². The minimum absolute atomic E-state index is 0. The quantitative estimate of drug-likeness (QED) is 0.265. The Morgan fingerprint density at radius 3 is 2.41 bits per heavy atom. The normalized spacial score (nSPS) is 10.9. The monoisotopic (exact) mass is 419 g/mol. The van der Waals surface area contributed by atoms with Crippen molar-refractivity contribution in [1.82, 2.24) is 10.6 Å². The summed E-state index contributed by atoms with van der Waals surface area (Å²) in [4.78, 5) is 4.22. The van der Waals surface area contributed by atoms with Crippen LogP contribution < -0.4 is 10.6 Å². The predicted octanol–water partition coefficient (Wildman–Crippen LogP) is 3.22. The number of hydrogen-bond donors (Lipinski definition) is 2. The number of hydrogen-bond acceptors (Lipinski definition) is 2. The van der Waals surface area contributed by atoms with Crippen LogP contribution in [0, 0.1) is 0 Å². The van der Waals surface area contributed by atoms with Crippen molar-refractivity contribution in [2.24, 2.45) is 4.99 Å². The zero-order chi connectivity index (χ0) is 15.2. The number of guanidine groups is 1. The van der Waals surface area contributed by atoms with Gasteiger partial charge in [-0.2, -0.15) is 0 Å². The van der Waals surface area contributed by atoms with Crippen LogP contribution in [0.5, 0.6) is 0 Å². The van der Waals surface area contributed by atoms with E-state index in [0.29, 0.717) is 0 Å². The molecule has 5 heteroatoms. The molecule has 0 radical (unpaired) electrons. The van der Waals surface area contributed by atoms with E-state index in [1.54, 1.807) is 7.05 Å². The molecular weight excluding hydrogens is 389 g/mol. The maximum atomic E-state index is 5.53. The molecule has 0 aliphatic rings. The van der Waals surface area contributed by atoms with Crippen molar-refractivity contribution < 1.29 is 4.74 Å². The Labute approximate surface area is 152 Å². The number of nitrogens with zero attached hydrogens (tertiary/aromatic N) is 1. The van der Waals surface area contributed by atoms with Gasteiger partial charge in [0.1, 0.15) is 0 Å². The molecule has 1 aromatic rings. The molecule has 0 heterocycles. The maximum Gasteiger partial charge on any atom is 0.190 e. The average Bonchev–Trinajstić information content (AvgIpc) is 2.53. The lowest BCUT2D eigenvalue weighted by Crippen LogP contribution is -2.39. The minimum Gasteiger partial charge on any atom is -0.381 e. The van der Waals surface area contributed by atoms with Gasteiger partial charge in [-0.05, 0) is 24.8 Å². The van der Waals surface area contributed by atoms with Gasteiger partial charge in [0.05, 0.1) is 0 Å². The largest absolute Gasteiger partial charge is 0.381 e. The number of unbranched alkanes of at least 4 members (excludes halogenated alkanes) is 1. The van der Waals surface area contributed by atoms with E-state index in [0.717, 1.165) is 51.5 Å². The van der Waals surface area contributed by atoms with Crippen LogP contribution in [0.2, 0.25) is 0 Å². The molecule has 0 atom stereocenters. The van der Waals surface area contributed by atoms with E-state index >= 15 is 0 Å². The van der Waals surface area contributed by atoms with E-state index in [2.05, 4.69) is 46.8 Å². The molecule has 0 saturated heterocycles. The van der Waals surface area contributed by atoms with Crippen molar-refractivity contribution >= 4 is 29.9 Å². The van der Waals surface area contributed by atoms with Crippen molar-refractivity contribution in [1.29, 1.82) is 0 Å². The molecule has 0 unspecified atom stereocenters. The van der Waals surface area contributed by atoms with Crippen molar-refractivity contribution in [3.8, 4) is 0 Å². The Balaban J connectivity index is 0.00000441. The van der Waals surface area contributed by atoms with E-state index in [1.165, 1.54) is 12.0 Å². The Morgan fingerprint density at radius 1 is 1.05 bits per heavy atom. The van der Waals surface area contributed by atoms with Crippen molar-refractivity contribution in [3.05, 3.63) is 35.9 Å².